The van der Waals surface area contributed by atoms with E-state index in [0.29, 0.717) is 12.0 Å². The first-order chi connectivity index (χ1) is 7.65. The molecule has 3 nitrogen and oxygen atoms in total. The quantitative estimate of drug-likeness (QED) is 0.734. The Morgan fingerprint density at radius 2 is 2.00 bits per heavy atom. The molecule has 0 bridgehead atoms. The van der Waals surface area contributed by atoms with E-state index in [-0.39, 0.29) is 5.78 Å². The van der Waals surface area contributed by atoms with Crippen molar-refractivity contribution in [1.82, 2.24) is 9.78 Å². The van der Waals surface area contributed by atoms with Gasteiger partial charge in [-0.15, -0.1) is 0 Å². The molecule has 16 heavy (non-hydrogen) atoms. The van der Waals surface area contributed by atoms with Gasteiger partial charge in [-0.2, -0.15) is 5.10 Å². The molecule has 0 radical (unpaired) electrons. The molecule has 0 saturated carbocycles. The lowest BCUT2D eigenvalue weighted by Crippen LogP contribution is -2.02. The van der Waals surface area contributed by atoms with Crippen LogP contribution in [-0.2, 0) is 13.5 Å². The Kier molecular flexibility index (Phi) is 2.86. The lowest BCUT2D eigenvalue weighted by atomic mass is 10.0. The Morgan fingerprint density at radius 3 is 2.56 bits per heavy atom. The summed E-state index contributed by atoms with van der Waals surface area (Å²) in [6.07, 6.45) is 3.79. The van der Waals surface area contributed by atoms with Crippen LogP contribution in [0.2, 0.25) is 0 Å². The van der Waals surface area contributed by atoms with Gasteiger partial charge in [-0.3, -0.25) is 9.48 Å². The fourth-order valence-corrected chi connectivity index (χ4v) is 1.56. The first kappa shape index (κ1) is 10.6. The third-order valence-electron chi connectivity index (χ3n) is 2.51. The minimum absolute atomic E-state index is 0.108. The summed E-state index contributed by atoms with van der Waals surface area (Å²) in [5.41, 5.74) is 2.92. The molecule has 0 unspecified atom stereocenters. The third kappa shape index (κ3) is 2.37. The molecule has 0 aliphatic rings. The van der Waals surface area contributed by atoms with Crippen LogP contribution in [-0.4, -0.2) is 15.6 Å². The van der Waals surface area contributed by atoms with Crippen LogP contribution in [0, 0.1) is 6.92 Å². The van der Waals surface area contributed by atoms with Crippen LogP contribution in [0.5, 0.6) is 0 Å². The van der Waals surface area contributed by atoms with Gasteiger partial charge in [-0.05, 0) is 12.5 Å². The minimum Gasteiger partial charge on any atom is -0.294 e. The van der Waals surface area contributed by atoms with E-state index in [4.69, 9.17) is 0 Å². The molecule has 2 aromatic rings. The van der Waals surface area contributed by atoms with Gasteiger partial charge in [0.25, 0.3) is 0 Å². The van der Waals surface area contributed by atoms with Gasteiger partial charge in [0, 0.05) is 19.7 Å². The summed E-state index contributed by atoms with van der Waals surface area (Å²) in [5.74, 6) is 0.108. The maximum Gasteiger partial charge on any atom is 0.170 e. The van der Waals surface area contributed by atoms with Crippen molar-refractivity contribution < 1.29 is 4.79 Å². The van der Waals surface area contributed by atoms with Crippen molar-refractivity contribution in [2.45, 2.75) is 13.3 Å². The van der Waals surface area contributed by atoms with Crippen LogP contribution in [0.1, 0.15) is 21.5 Å². The van der Waals surface area contributed by atoms with Gasteiger partial charge in [-0.25, -0.2) is 0 Å². The number of aromatic nitrogens is 2. The van der Waals surface area contributed by atoms with E-state index >= 15 is 0 Å². The van der Waals surface area contributed by atoms with Gasteiger partial charge in [-0.1, -0.05) is 29.8 Å². The van der Waals surface area contributed by atoms with Gasteiger partial charge in [0.05, 0.1) is 11.8 Å². The number of nitrogens with zero attached hydrogens (tertiary/aromatic N) is 2. The second-order valence-electron chi connectivity index (χ2n) is 3.99. The molecule has 1 heterocycles. The van der Waals surface area contributed by atoms with E-state index in [9.17, 15) is 4.79 Å². The van der Waals surface area contributed by atoms with E-state index in [2.05, 4.69) is 5.10 Å². The molecule has 1 aromatic carbocycles. The van der Waals surface area contributed by atoms with E-state index in [1.165, 1.54) is 5.56 Å². The fraction of sp³-hybridized carbons (Fsp3) is 0.231. The van der Waals surface area contributed by atoms with Gasteiger partial charge >= 0.3 is 0 Å². The molecule has 0 saturated heterocycles. The number of hydrogen-bond acceptors (Lipinski definition) is 2. The van der Waals surface area contributed by atoms with Gasteiger partial charge in [0.1, 0.15) is 0 Å². The molecule has 0 atom stereocenters. The average Bonchev–Trinajstić information content (AvgIpc) is 2.68. The van der Waals surface area contributed by atoms with Crippen molar-refractivity contribution in [2.75, 3.05) is 0 Å². The smallest absolute Gasteiger partial charge is 0.170 e. The Morgan fingerprint density at radius 1 is 1.31 bits per heavy atom. The SMILES string of the molecule is Cc1ccc(CC(=O)c2cnn(C)c2)cc1. The molecule has 0 N–H and O–H groups in total. The number of Topliss-reactive ketones (excluding diaryl/α,β-unsaturated/α-hetero) is 1. The molecule has 2 rings (SSSR count). The van der Waals surface area contributed by atoms with E-state index < -0.39 is 0 Å². The summed E-state index contributed by atoms with van der Waals surface area (Å²) in [7, 11) is 1.81. The number of ketones is 1. The zero-order valence-corrected chi connectivity index (χ0v) is 9.47. The summed E-state index contributed by atoms with van der Waals surface area (Å²) in [6, 6.07) is 8.02. The van der Waals surface area contributed by atoms with Crippen molar-refractivity contribution in [3.63, 3.8) is 0 Å². The molecule has 0 fully saturated rings. The Balaban J connectivity index is 2.10. The third-order valence-corrected chi connectivity index (χ3v) is 2.51. The molecular weight excluding hydrogens is 200 g/mol. The lowest BCUT2D eigenvalue weighted by molar-refractivity contribution is 0.0993. The van der Waals surface area contributed by atoms with Crippen molar-refractivity contribution >= 4 is 5.78 Å². The van der Waals surface area contributed by atoms with Crippen molar-refractivity contribution in [1.29, 1.82) is 0 Å². The summed E-state index contributed by atoms with van der Waals surface area (Å²) < 4.78 is 1.64. The highest BCUT2D eigenvalue weighted by Gasteiger charge is 2.08. The second-order valence-corrected chi connectivity index (χ2v) is 3.99. The lowest BCUT2D eigenvalue weighted by Gasteiger charge is -1.99. The van der Waals surface area contributed by atoms with Crippen LogP contribution in [0.4, 0.5) is 0 Å². The second kappa shape index (κ2) is 4.31. The van der Waals surface area contributed by atoms with Crippen LogP contribution >= 0.6 is 0 Å². The predicted molar refractivity (Wildman–Crippen MR) is 62.4 cm³/mol. The van der Waals surface area contributed by atoms with Crippen LogP contribution in [0.25, 0.3) is 0 Å². The topological polar surface area (TPSA) is 34.9 Å². The van der Waals surface area contributed by atoms with Gasteiger partial charge < -0.3 is 0 Å². The number of carbonyl (C=O) groups is 1. The minimum atomic E-state index is 0.108. The molecular formula is C13H14N2O. The maximum atomic E-state index is 11.9. The summed E-state index contributed by atoms with van der Waals surface area (Å²) in [5, 5.41) is 3.99. The van der Waals surface area contributed by atoms with Crippen LogP contribution < -0.4 is 0 Å². The van der Waals surface area contributed by atoms with Crippen LogP contribution in [0.15, 0.2) is 36.7 Å². The standard InChI is InChI=1S/C13H14N2O/c1-10-3-5-11(6-4-10)7-13(16)12-8-14-15(2)9-12/h3-6,8-9H,7H2,1-2H3. The molecule has 0 aliphatic heterocycles. The Labute approximate surface area is 94.7 Å². The van der Waals surface area contributed by atoms with E-state index in [0.717, 1.165) is 5.56 Å². The van der Waals surface area contributed by atoms with E-state index in [1.54, 1.807) is 17.1 Å². The maximum absolute atomic E-state index is 11.9. The van der Waals surface area contributed by atoms with Crippen molar-refractivity contribution in [2.24, 2.45) is 7.05 Å². The van der Waals surface area contributed by atoms with E-state index in [1.807, 2.05) is 38.2 Å². The van der Waals surface area contributed by atoms with Gasteiger partial charge in [0.15, 0.2) is 5.78 Å². The summed E-state index contributed by atoms with van der Waals surface area (Å²) >= 11 is 0. The highest BCUT2D eigenvalue weighted by Crippen LogP contribution is 2.08. The predicted octanol–water partition coefficient (Wildman–Crippen LogP) is 2.15. The van der Waals surface area contributed by atoms with Crippen molar-refractivity contribution in [3.8, 4) is 0 Å². The van der Waals surface area contributed by atoms with Crippen molar-refractivity contribution in [3.05, 3.63) is 53.3 Å². The van der Waals surface area contributed by atoms with Crippen LogP contribution in [0.3, 0.4) is 0 Å². The molecule has 0 amide bonds. The first-order valence-corrected chi connectivity index (χ1v) is 5.22. The summed E-state index contributed by atoms with van der Waals surface area (Å²) in [6.45, 7) is 2.03. The molecule has 3 heteroatoms. The number of rotatable bonds is 3. The average molecular weight is 214 g/mol. The molecule has 82 valence electrons. The number of aryl methyl sites for hydroxylation is 2. The highest BCUT2D eigenvalue weighted by atomic mass is 16.1. The normalized spacial score (nSPS) is 10.4. The molecule has 0 spiro atoms. The zero-order valence-electron chi connectivity index (χ0n) is 9.47. The number of hydrogen-bond donors (Lipinski definition) is 0. The number of carbonyl (C=O) groups excluding carboxylic acids is 1. The highest BCUT2D eigenvalue weighted by molar-refractivity contribution is 5.97. The summed E-state index contributed by atoms with van der Waals surface area (Å²) in [4.78, 5) is 11.9. The monoisotopic (exact) mass is 214 g/mol. The zero-order chi connectivity index (χ0) is 11.5. The fourth-order valence-electron chi connectivity index (χ4n) is 1.56. The largest absolute Gasteiger partial charge is 0.294 e. The number of benzene rings is 1. The Bertz CT molecular complexity index is 497. The first-order valence-electron chi connectivity index (χ1n) is 5.22. The Hall–Kier alpha value is -1.90. The molecule has 1 aromatic heterocycles. The van der Waals surface area contributed by atoms with Gasteiger partial charge in [0.2, 0.25) is 0 Å². The molecule has 0 aliphatic carbocycles.